The van der Waals surface area contributed by atoms with Crippen LogP contribution in [0.4, 0.5) is 5.69 Å². The fraction of sp³-hybridized carbons (Fsp3) is 0.355. The zero-order valence-electron chi connectivity index (χ0n) is 20.9. The summed E-state index contributed by atoms with van der Waals surface area (Å²) in [5.41, 5.74) is 0.416. The first-order valence-corrected chi connectivity index (χ1v) is 13.0. The summed E-state index contributed by atoms with van der Waals surface area (Å²) in [6.45, 7) is 0.856. The van der Waals surface area contributed by atoms with Crippen molar-refractivity contribution in [2.45, 2.75) is 49.9 Å². The molecule has 0 spiro atoms. The monoisotopic (exact) mass is 505 g/mol. The van der Waals surface area contributed by atoms with Crippen LogP contribution in [-0.2, 0) is 25.7 Å². The maximum absolute atomic E-state index is 14.1. The van der Waals surface area contributed by atoms with Gasteiger partial charge in [0, 0.05) is 30.2 Å². The van der Waals surface area contributed by atoms with Crippen molar-refractivity contribution in [1.82, 2.24) is 0 Å². The van der Waals surface area contributed by atoms with Crippen molar-refractivity contribution in [2.75, 3.05) is 11.5 Å². The van der Waals surface area contributed by atoms with Crippen LogP contribution in [0.1, 0.15) is 43.2 Å². The Morgan fingerprint density at radius 1 is 0.868 bits per heavy atom. The van der Waals surface area contributed by atoms with E-state index in [-0.39, 0.29) is 18.2 Å². The van der Waals surface area contributed by atoms with Crippen LogP contribution in [0.5, 0.6) is 0 Å². The number of fused-ring (bicyclic) bond motifs is 6. The lowest BCUT2D eigenvalue weighted by Gasteiger charge is -2.31. The molecule has 0 radical (unpaired) electrons. The van der Waals surface area contributed by atoms with E-state index in [4.69, 9.17) is 9.47 Å². The van der Waals surface area contributed by atoms with Crippen LogP contribution in [0.3, 0.4) is 0 Å². The van der Waals surface area contributed by atoms with Gasteiger partial charge in [-0.25, -0.2) is 4.90 Å². The number of carbonyl (C=O) groups excluding carboxylic acids is 2. The van der Waals surface area contributed by atoms with Gasteiger partial charge in [-0.05, 0) is 37.0 Å². The molecule has 2 bridgehead atoms. The number of anilines is 1. The van der Waals surface area contributed by atoms with E-state index in [1.165, 1.54) is 4.90 Å². The fourth-order valence-corrected chi connectivity index (χ4v) is 6.85. The topological polar surface area (TPSA) is 103 Å². The highest BCUT2D eigenvalue weighted by molar-refractivity contribution is 6.26. The molecule has 0 aromatic heterocycles. The molecular formula is C31H27N3O4. The van der Waals surface area contributed by atoms with Crippen LogP contribution in [-0.4, -0.2) is 29.6 Å². The third-order valence-corrected chi connectivity index (χ3v) is 8.52. The summed E-state index contributed by atoms with van der Waals surface area (Å²) in [7, 11) is 0. The van der Waals surface area contributed by atoms with E-state index in [0.29, 0.717) is 60.9 Å². The number of nitriles is 2. The van der Waals surface area contributed by atoms with Crippen molar-refractivity contribution in [3.05, 3.63) is 77.9 Å². The maximum atomic E-state index is 14.1. The van der Waals surface area contributed by atoms with Crippen LogP contribution in [0.25, 0.3) is 10.8 Å². The smallest absolute Gasteiger partial charge is 0.240 e. The molecule has 3 heterocycles. The van der Waals surface area contributed by atoms with Crippen LogP contribution >= 0.6 is 0 Å². The molecule has 3 aromatic rings. The Hall–Kier alpha value is -4.04. The molecule has 3 fully saturated rings. The predicted molar refractivity (Wildman–Crippen MR) is 139 cm³/mol. The highest BCUT2D eigenvalue weighted by Crippen LogP contribution is 2.64. The summed E-state index contributed by atoms with van der Waals surface area (Å²) in [6, 6.07) is 25.0. The minimum absolute atomic E-state index is 0.255. The minimum Gasteiger partial charge on any atom is -0.377 e. The summed E-state index contributed by atoms with van der Waals surface area (Å²) in [4.78, 5) is 29.5. The fourth-order valence-electron chi connectivity index (χ4n) is 6.85. The van der Waals surface area contributed by atoms with Gasteiger partial charge in [0.15, 0.2) is 0 Å². The molecule has 0 aliphatic carbocycles. The highest BCUT2D eigenvalue weighted by Gasteiger charge is 2.75. The molecule has 190 valence electrons. The Morgan fingerprint density at radius 2 is 1.53 bits per heavy atom. The van der Waals surface area contributed by atoms with Gasteiger partial charge < -0.3 is 9.47 Å². The lowest BCUT2D eigenvalue weighted by Crippen LogP contribution is -2.43. The van der Waals surface area contributed by atoms with E-state index >= 15 is 0 Å². The van der Waals surface area contributed by atoms with Gasteiger partial charge in [-0.15, -0.1) is 0 Å². The number of nitrogens with zero attached hydrogens (tertiary/aromatic N) is 3. The number of imide groups is 1. The second-order valence-corrected chi connectivity index (χ2v) is 10.4. The predicted octanol–water partition coefficient (Wildman–Crippen LogP) is 5.03. The van der Waals surface area contributed by atoms with Gasteiger partial charge in [-0.3, -0.25) is 9.59 Å². The molecule has 0 saturated carbocycles. The zero-order valence-corrected chi connectivity index (χ0v) is 20.9. The molecule has 3 aliphatic rings. The van der Waals surface area contributed by atoms with Gasteiger partial charge in [0.25, 0.3) is 0 Å². The number of benzene rings is 3. The first-order valence-electron chi connectivity index (χ1n) is 13.0. The minimum atomic E-state index is -0.830. The second kappa shape index (κ2) is 9.36. The van der Waals surface area contributed by atoms with Crippen molar-refractivity contribution < 1.29 is 19.1 Å². The van der Waals surface area contributed by atoms with Crippen LogP contribution in [0, 0.1) is 34.5 Å². The van der Waals surface area contributed by atoms with Crippen molar-refractivity contribution >= 4 is 28.3 Å². The zero-order chi connectivity index (χ0) is 26.3. The molecule has 2 amide bonds. The van der Waals surface area contributed by atoms with Gasteiger partial charge >= 0.3 is 0 Å². The summed E-state index contributed by atoms with van der Waals surface area (Å²) < 4.78 is 12.6. The molecule has 0 N–H and O–H groups in total. The summed E-state index contributed by atoms with van der Waals surface area (Å²) >= 11 is 0. The number of hydrogen-bond donors (Lipinski definition) is 0. The number of carbonyl (C=O) groups is 2. The van der Waals surface area contributed by atoms with Crippen LogP contribution in [0.15, 0.2) is 66.7 Å². The van der Waals surface area contributed by atoms with E-state index in [1.807, 2.05) is 54.6 Å². The number of amides is 2. The van der Waals surface area contributed by atoms with E-state index in [0.717, 1.165) is 5.56 Å². The number of ether oxygens (including phenoxy) is 2. The molecule has 4 atom stereocenters. The molecule has 3 aliphatic heterocycles. The average Bonchev–Trinajstić information content (AvgIpc) is 3.56. The Labute approximate surface area is 221 Å². The molecule has 3 saturated heterocycles. The van der Waals surface area contributed by atoms with Crippen LogP contribution in [0.2, 0.25) is 0 Å². The van der Waals surface area contributed by atoms with Gasteiger partial charge in [-0.1, -0.05) is 54.6 Å². The molecule has 7 nitrogen and oxygen atoms in total. The molecule has 3 aromatic carbocycles. The third kappa shape index (κ3) is 3.62. The van der Waals surface area contributed by atoms with E-state index < -0.39 is 23.0 Å². The van der Waals surface area contributed by atoms with E-state index in [2.05, 4.69) is 12.1 Å². The average molecular weight is 506 g/mol. The molecule has 38 heavy (non-hydrogen) atoms. The second-order valence-electron chi connectivity index (χ2n) is 10.4. The third-order valence-electron chi connectivity index (χ3n) is 8.52. The normalized spacial score (nSPS) is 27.5. The number of hydrogen-bond acceptors (Lipinski definition) is 6. The highest BCUT2D eigenvalue weighted by atomic mass is 16.5. The largest absolute Gasteiger partial charge is 0.377 e. The van der Waals surface area contributed by atoms with E-state index in [1.54, 1.807) is 12.1 Å². The van der Waals surface area contributed by atoms with Crippen LogP contribution < -0.4 is 4.90 Å². The van der Waals surface area contributed by atoms with Gasteiger partial charge in [0.1, 0.15) is 0 Å². The first kappa shape index (κ1) is 24.3. The van der Waals surface area contributed by atoms with Gasteiger partial charge in [0.05, 0.1) is 53.0 Å². The van der Waals surface area contributed by atoms with Crippen molar-refractivity contribution in [3.8, 4) is 12.1 Å². The van der Waals surface area contributed by atoms with Crippen molar-refractivity contribution in [2.24, 2.45) is 11.8 Å². The molecular weight excluding hydrogens is 478 g/mol. The summed E-state index contributed by atoms with van der Waals surface area (Å²) in [5, 5.41) is 20.3. The Kier molecular flexibility index (Phi) is 5.99. The molecule has 4 unspecified atom stereocenters. The maximum Gasteiger partial charge on any atom is 0.240 e. The molecule has 6 rings (SSSR count). The van der Waals surface area contributed by atoms with Gasteiger partial charge in [-0.2, -0.15) is 10.5 Å². The Morgan fingerprint density at radius 3 is 2.21 bits per heavy atom. The van der Waals surface area contributed by atoms with Crippen molar-refractivity contribution in [1.29, 1.82) is 10.5 Å². The first-order chi connectivity index (χ1) is 18.5. The van der Waals surface area contributed by atoms with E-state index in [9.17, 15) is 20.1 Å². The Bertz CT molecular complexity index is 1510. The lowest BCUT2D eigenvalue weighted by molar-refractivity contribution is -0.133. The Balaban J connectivity index is 1.33. The quantitative estimate of drug-likeness (QED) is 0.314. The summed E-state index contributed by atoms with van der Waals surface area (Å²) in [5.74, 6) is -1.81. The summed E-state index contributed by atoms with van der Waals surface area (Å²) in [6.07, 6.45) is 2.45. The van der Waals surface area contributed by atoms with Gasteiger partial charge in [0.2, 0.25) is 11.8 Å². The lowest BCUT2D eigenvalue weighted by atomic mass is 9.65. The standard InChI is InChI=1S/C31H27N3O4/c32-17-6-13-30-14-15-31(38-30,16-18-37-20-21-7-2-1-3-8-21)27-26(30)28(35)34(29(27)36)25-12-11-22(19-33)23-9-4-5-10-24(23)25/h1-5,7-12,26-27H,6,13-16,18,20H2. The number of rotatable bonds is 8. The van der Waals surface area contributed by atoms with Crippen molar-refractivity contribution in [3.63, 3.8) is 0 Å². The SMILES string of the molecule is N#CCCC12CCC(CCOCc3ccccc3)(O1)C1C(=O)N(c3ccc(C#N)c4ccccc34)C(=O)C12. The molecule has 7 heteroatoms.